The minimum Gasteiger partial charge on any atom is -0.421 e. The Kier molecular flexibility index (Phi) is 3.85. The molecule has 0 aromatic heterocycles. The van der Waals surface area contributed by atoms with Gasteiger partial charge in [-0.1, -0.05) is 36.4 Å². The third-order valence-corrected chi connectivity index (χ3v) is 4.47. The third kappa shape index (κ3) is 2.63. The van der Waals surface area contributed by atoms with Gasteiger partial charge in [-0.15, -0.1) is 0 Å². The van der Waals surface area contributed by atoms with Crippen LogP contribution in [-0.4, -0.2) is 7.11 Å². The Morgan fingerprint density at radius 1 is 0.944 bits per heavy atom. The number of para-hydroxylation sites is 1. The number of hydrogen-bond acceptors (Lipinski definition) is 3. The van der Waals surface area contributed by atoms with E-state index in [2.05, 4.69) is 0 Å². The summed E-state index contributed by atoms with van der Waals surface area (Å²) in [4.78, 5) is 0. The predicted octanol–water partition coefficient (Wildman–Crippen LogP) is 3.54. The fourth-order valence-corrected chi connectivity index (χ4v) is 2.99. The average Bonchev–Trinajstić information content (AvgIpc) is 2.42. The fraction of sp³-hybridized carbons (Fsp3) is 0.143. The molecule has 3 nitrogen and oxygen atoms in total. The van der Waals surface area contributed by atoms with Crippen molar-refractivity contribution < 1.29 is 13.6 Å². The van der Waals surface area contributed by atoms with Crippen molar-refractivity contribution in [1.82, 2.24) is 0 Å². The minimum absolute atomic E-state index is 0.552. The lowest BCUT2D eigenvalue weighted by molar-refractivity contribution is 0.333. The molecule has 0 N–H and O–H groups in total. The van der Waals surface area contributed by atoms with Crippen molar-refractivity contribution in [3.05, 3.63) is 60.2 Å². The largest absolute Gasteiger partial charge is 0.421 e. The number of hydrogen-bond donors (Lipinski definition) is 0. The Morgan fingerprint density at radius 2 is 1.56 bits per heavy atom. The first-order valence-electron chi connectivity index (χ1n) is 5.62. The Labute approximate surface area is 107 Å². The molecule has 0 bridgehead atoms. The van der Waals surface area contributed by atoms with E-state index in [4.69, 9.17) is 9.05 Å². The van der Waals surface area contributed by atoms with Crippen molar-refractivity contribution in [3.63, 3.8) is 0 Å². The maximum atomic E-state index is 12.7. The third-order valence-electron chi connectivity index (χ3n) is 2.62. The molecule has 2 aromatic rings. The van der Waals surface area contributed by atoms with Crippen molar-refractivity contribution >= 4 is 12.9 Å². The van der Waals surface area contributed by atoms with Gasteiger partial charge in [0.25, 0.3) is 0 Å². The zero-order valence-corrected chi connectivity index (χ0v) is 11.3. The van der Waals surface area contributed by atoms with E-state index in [1.54, 1.807) is 18.2 Å². The van der Waals surface area contributed by atoms with Crippen LogP contribution in [0.5, 0.6) is 5.75 Å². The first-order valence-corrected chi connectivity index (χ1v) is 7.16. The van der Waals surface area contributed by atoms with Crippen LogP contribution in [0.4, 0.5) is 0 Å². The monoisotopic (exact) mass is 262 g/mol. The molecule has 0 fully saturated rings. The summed E-state index contributed by atoms with van der Waals surface area (Å²) in [6.45, 7) is 1.90. The standard InChI is InChI=1S/C14H15O3P/c1-12-8-6-7-11-14(12)17-18(15,16-2)13-9-4-3-5-10-13/h3-11H,1-2H3. The first-order chi connectivity index (χ1) is 8.65. The Bertz CT molecular complexity index is 566. The minimum atomic E-state index is -3.30. The molecule has 94 valence electrons. The van der Waals surface area contributed by atoms with Crippen LogP contribution in [-0.2, 0) is 9.09 Å². The first kappa shape index (κ1) is 12.9. The highest BCUT2D eigenvalue weighted by molar-refractivity contribution is 7.62. The summed E-state index contributed by atoms with van der Waals surface area (Å²) in [7, 11) is -1.91. The molecule has 0 amide bonds. The topological polar surface area (TPSA) is 35.5 Å². The molecule has 4 heteroatoms. The molecule has 1 atom stereocenters. The molecule has 2 rings (SSSR count). The lowest BCUT2D eigenvalue weighted by Crippen LogP contribution is -2.11. The van der Waals surface area contributed by atoms with Gasteiger partial charge in [0, 0.05) is 7.11 Å². The summed E-state index contributed by atoms with van der Waals surface area (Å²) >= 11 is 0. The smallest absolute Gasteiger partial charge is 0.410 e. The van der Waals surface area contributed by atoms with Gasteiger partial charge in [-0.3, -0.25) is 4.52 Å². The van der Waals surface area contributed by atoms with E-state index in [1.807, 2.05) is 43.3 Å². The van der Waals surface area contributed by atoms with Gasteiger partial charge in [-0.2, -0.15) is 0 Å². The lowest BCUT2D eigenvalue weighted by atomic mass is 10.2. The Morgan fingerprint density at radius 3 is 2.17 bits per heavy atom. The van der Waals surface area contributed by atoms with Gasteiger partial charge in [-0.25, -0.2) is 4.57 Å². The number of aryl methyl sites for hydroxylation is 1. The van der Waals surface area contributed by atoms with Gasteiger partial charge >= 0.3 is 7.60 Å². The predicted molar refractivity (Wildman–Crippen MR) is 72.5 cm³/mol. The maximum absolute atomic E-state index is 12.7. The molecule has 18 heavy (non-hydrogen) atoms. The number of rotatable bonds is 4. The highest BCUT2D eigenvalue weighted by atomic mass is 31.2. The zero-order chi connectivity index (χ0) is 13.0. The van der Waals surface area contributed by atoms with Gasteiger partial charge in [0.05, 0.1) is 5.30 Å². The highest BCUT2D eigenvalue weighted by Crippen LogP contribution is 2.46. The molecule has 0 aliphatic carbocycles. The van der Waals surface area contributed by atoms with Crippen LogP contribution >= 0.6 is 7.60 Å². The van der Waals surface area contributed by atoms with Gasteiger partial charge in [0.2, 0.25) is 0 Å². The van der Waals surface area contributed by atoms with E-state index >= 15 is 0 Å². The average molecular weight is 262 g/mol. The molecular formula is C14H15O3P. The second kappa shape index (κ2) is 5.38. The summed E-state index contributed by atoms with van der Waals surface area (Å²) in [6.07, 6.45) is 0. The molecular weight excluding hydrogens is 247 g/mol. The molecule has 0 aliphatic heterocycles. The van der Waals surface area contributed by atoms with Crippen LogP contribution in [0, 0.1) is 6.92 Å². The van der Waals surface area contributed by atoms with E-state index < -0.39 is 7.60 Å². The molecule has 2 aromatic carbocycles. The van der Waals surface area contributed by atoms with Crippen LogP contribution < -0.4 is 9.83 Å². The van der Waals surface area contributed by atoms with E-state index in [9.17, 15) is 4.57 Å². The van der Waals surface area contributed by atoms with Crippen LogP contribution in [0.3, 0.4) is 0 Å². The van der Waals surface area contributed by atoms with E-state index in [1.165, 1.54) is 7.11 Å². The van der Waals surface area contributed by atoms with Crippen LogP contribution in [0.1, 0.15) is 5.56 Å². The second-order valence-electron chi connectivity index (χ2n) is 3.87. The Hall–Kier alpha value is -1.57. The summed E-state index contributed by atoms with van der Waals surface area (Å²) in [6, 6.07) is 16.4. The van der Waals surface area contributed by atoms with Gasteiger partial charge in [0.1, 0.15) is 5.75 Å². The molecule has 0 aliphatic rings. The zero-order valence-electron chi connectivity index (χ0n) is 10.4. The molecule has 0 heterocycles. The summed E-state index contributed by atoms with van der Waals surface area (Å²) < 4.78 is 23.4. The van der Waals surface area contributed by atoms with E-state index in [0.29, 0.717) is 11.1 Å². The molecule has 1 unspecified atom stereocenters. The van der Waals surface area contributed by atoms with Crippen LogP contribution in [0.25, 0.3) is 0 Å². The van der Waals surface area contributed by atoms with Crippen molar-refractivity contribution in [2.75, 3.05) is 7.11 Å². The summed E-state index contributed by atoms with van der Waals surface area (Å²) in [5.41, 5.74) is 0.922. The number of benzene rings is 2. The van der Waals surface area contributed by atoms with Gasteiger partial charge < -0.3 is 4.52 Å². The van der Waals surface area contributed by atoms with E-state index in [-0.39, 0.29) is 0 Å². The van der Waals surface area contributed by atoms with E-state index in [0.717, 1.165) is 5.56 Å². The highest BCUT2D eigenvalue weighted by Gasteiger charge is 2.27. The van der Waals surface area contributed by atoms with Crippen molar-refractivity contribution in [2.24, 2.45) is 0 Å². The summed E-state index contributed by atoms with van der Waals surface area (Å²) in [5, 5.41) is 0.552. The van der Waals surface area contributed by atoms with Crippen molar-refractivity contribution in [3.8, 4) is 5.75 Å². The Balaban J connectivity index is 2.36. The van der Waals surface area contributed by atoms with Crippen molar-refractivity contribution in [2.45, 2.75) is 6.92 Å². The SMILES string of the molecule is COP(=O)(Oc1ccccc1C)c1ccccc1. The van der Waals surface area contributed by atoms with Gasteiger partial charge in [0.15, 0.2) is 0 Å². The van der Waals surface area contributed by atoms with Crippen molar-refractivity contribution in [1.29, 1.82) is 0 Å². The summed E-state index contributed by atoms with van der Waals surface area (Å²) in [5.74, 6) is 0.575. The second-order valence-corrected chi connectivity index (χ2v) is 5.93. The van der Waals surface area contributed by atoms with Crippen LogP contribution in [0.15, 0.2) is 54.6 Å². The molecule has 0 radical (unpaired) electrons. The quantitative estimate of drug-likeness (QED) is 0.790. The van der Waals surface area contributed by atoms with Crippen LogP contribution in [0.2, 0.25) is 0 Å². The maximum Gasteiger partial charge on any atom is 0.410 e. The molecule has 0 spiro atoms. The normalized spacial score (nSPS) is 13.9. The fourth-order valence-electron chi connectivity index (χ4n) is 1.59. The molecule has 0 saturated carbocycles. The lowest BCUT2D eigenvalue weighted by Gasteiger charge is -2.18. The van der Waals surface area contributed by atoms with Gasteiger partial charge in [-0.05, 0) is 30.7 Å². The molecule has 0 saturated heterocycles.